The van der Waals surface area contributed by atoms with Gasteiger partial charge < -0.3 is 29.8 Å². The first-order valence-corrected chi connectivity index (χ1v) is 17.4. The van der Waals surface area contributed by atoms with E-state index in [9.17, 15) is 19.8 Å². The number of aliphatic hydroxyl groups is 2. The summed E-state index contributed by atoms with van der Waals surface area (Å²) in [5.74, 6) is -0.692. The van der Waals surface area contributed by atoms with E-state index in [2.05, 4.69) is 0 Å². The van der Waals surface area contributed by atoms with Crippen molar-refractivity contribution in [2.24, 2.45) is 0 Å². The smallest absolute Gasteiger partial charge is 0.182 e. The molecule has 4 aromatic rings. The van der Waals surface area contributed by atoms with Gasteiger partial charge >= 0.3 is 0 Å². The molecule has 9 heteroatoms. The Hall–Kier alpha value is -6.02. The molecule has 0 aliphatic heterocycles. The molecule has 0 aromatic heterocycles. The third kappa shape index (κ3) is 16.7. The SMILES string of the molecule is CN(C)c1ccc(/C=C/C(=O)/C=C(O)/C=C/c2ccc(N(C)C)cc2)cc1.CN(C)c1ccc(/C=C/C(=O)/C=C(O)/C=C/c2ccc(N(C)C)cc2)cc1.[Cu]. The van der Waals surface area contributed by atoms with Gasteiger partial charge in [-0.3, -0.25) is 9.59 Å². The van der Waals surface area contributed by atoms with Crippen LogP contribution in [-0.2, 0) is 26.7 Å². The molecule has 0 atom stereocenters. The second-order valence-corrected chi connectivity index (χ2v) is 13.2. The number of nitrogens with zero attached hydrogens (tertiary/aromatic N) is 4. The summed E-state index contributed by atoms with van der Waals surface area (Å²) in [6.07, 6.45) is 15.3. The Bertz CT molecular complexity index is 1840. The first-order chi connectivity index (χ1) is 25.7. The molecule has 0 saturated heterocycles. The molecule has 0 bridgehead atoms. The summed E-state index contributed by atoms with van der Waals surface area (Å²) in [7, 11) is 15.8. The van der Waals surface area contributed by atoms with E-state index in [0.717, 1.165) is 45.0 Å². The molecule has 55 heavy (non-hydrogen) atoms. The second kappa shape index (κ2) is 22.9. The summed E-state index contributed by atoms with van der Waals surface area (Å²) in [6.45, 7) is 0. The van der Waals surface area contributed by atoms with Crippen LogP contribution >= 0.6 is 0 Å². The van der Waals surface area contributed by atoms with Crippen LogP contribution in [0, 0.1) is 0 Å². The zero-order chi connectivity index (χ0) is 39.6. The number of carbonyl (C=O) groups excluding carboxylic acids is 2. The Morgan fingerprint density at radius 1 is 0.382 bits per heavy atom. The fourth-order valence-corrected chi connectivity index (χ4v) is 4.74. The Labute approximate surface area is 337 Å². The number of benzene rings is 4. The van der Waals surface area contributed by atoms with Crippen molar-refractivity contribution in [2.45, 2.75) is 0 Å². The van der Waals surface area contributed by atoms with E-state index in [1.807, 2.05) is 173 Å². The Morgan fingerprint density at radius 3 is 0.782 bits per heavy atom. The third-order valence-electron chi connectivity index (χ3n) is 7.99. The van der Waals surface area contributed by atoms with E-state index in [-0.39, 0.29) is 40.2 Å². The minimum atomic E-state index is -0.267. The number of hydrogen-bond donors (Lipinski definition) is 2. The van der Waals surface area contributed by atoms with Gasteiger partial charge in [0.15, 0.2) is 11.6 Å². The number of rotatable bonds is 14. The van der Waals surface area contributed by atoms with Crippen molar-refractivity contribution in [3.8, 4) is 0 Å². The van der Waals surface area contributed by atoms with Crippen molar-refractivity contribution in [3.63, 3.8) is 0 Å². The first kappa shape index (κ1) is 45.1. The molecule has 0 spiro atoms. The van der Waals surface area contributed by atoms with E-state index in [0.29, 0.717) is 0 Å². The average Bonchev–Trinajstić information content (AvgIpc) is 3.15. The Morgan fingerprint density at radius 2 is 0.582 bits per heavy atom. The number of aliphatic hydroxyl groups excluding tert-OH is 2. The molecule has 4 rings (SSSR count). The van der Waals surface area contributed by atoms with Crippen LogP contribution < -0.4 is 19.6 Å². The van der Waals surface area contributed by atoms with Crippen molar-refractivity contribution >= 4 is 58.6 Å². The molecule has 0 heterocycles. The van der Waals surface area contributed by atoms with Crippen molar-refractivity contribution in [1.82, 2.24) is 0 Å². The molecular formula is C46H52CuN4O4. The number of ketones is 2. The molecule has 0 amide bonds. The van der Waals surface area contributed by atoms with Crippen LogP contribution in [0.15, 0.2) is 145 Å². The number of anilines is 4. The summed E-state index contributed by atoms with van der Waals surface area (Å²) in [4.78, 5) is 32.0. The van der Waals surface area contributed by atoms with Crippen LogP contribution in [0.3, 0.4) is 0 Å². The van der Waals surface area contributed by atoms with Gasteiger partial charge in [0.05, 0.1) is 0 Å². The van der Waals surface area contributed by atoms with Crippen LogP contribution in [0.2, 0.25) is 0 Å². The van der Waals surface area contributed by atoms with Gasteiger partial charge in [-0.1, -0.05) is 72.8 Å². The van der Waals surface area contributed by atoms with E-state index >= 15 is 0 Å². The molecule has 4 aromatic carbocycles. The van der Waals surface area contributed by atoms with Crippen molar-refractivity contribution in [3.05, 3.63) is 167 Å². The summed E-state index contributed by atoms with van der Waals surface area (Å²) in [6, 6.07) is 31.5. The normalized spacial score (nSPS) is 11.7. The molecular weight excluding hydrogens is 736 g/mol. The molecule has 291 valence electrons. The fraction of sp³-hybridized carbons (Fsp3) is 0.174. The molecule has 0 fully saturated rings. The quantitative estimate of drug-likeness (QED) is 0.0567. The van der Waals surface area contributed by atoms with Crippen molar-refractivity contribution in [2.75, 3.05) is 76.0 Å². The maximum absolute atomic E-state index is 12.0. The maximum Gasteiger partial charge on any atom is 0.182 e. The third-order valence-corrected chi connectivity index (χ3v) is 7.99. The van der Waals surface area contributed by atoms with Crippen LogP contribution in [0.25, 0.3) is 24.3 Å². The van der Waals surface area contributed by atoms with Crippen LogP contribution in [0.4, 0.5) is 22.7 Å². The van der Waals surface area contributed by atoms with E-state index in [4.69, 9.17) is 0 Å². The number of allylic oxidation sites excluding steroid dienone is 6. The number of carbonyl (C=O) groups is 2. The molecule has 0 aliphatic carbocycles. The van der Waals surface area contributed by atoms with E-state index < -0.39 is 0 Å². The standard InChI is InChI=1S/2C23H26N2O2.Cu/c2*1-24(2)20-11-5-18(6-12-20)9-15-22(26)17-23(27)16-10-19-7-13-21(14-8-19)25(3)4;/h2*5-17,26H,1-4H3;/b2*15-9+,16-10+,22-17-;. The molecule has 2 N–H and O–H groups in total. The fourth-order valence-electron chi connectivity index (χ4n) is 4.74. The van der Waals surface area contributed by atoms with E-state index in [1.165, 1.54) is 36.5 Å². The van der Waals surface area contributed by atoms with E-state index in [1.54, 1.807) is 24.3 Å². The second-order valence-electron chi connectivity index (χ2n) is 13.2. The van der Waals surface area contributed by atoms with Gasteiger partial charge in [0.1, 0.15) is 11.5 Å². The molecule has 1 radical (unpaired) electrons. The maximum atomic E-state index is 12.0. The Kier molecular flexibility index (Phi) is 18.8. The van der Waals surface area contributed by atoms with Gasteiger partial charge in [0, 0.05) is 108 Å². The molecule has 0 unspecified atom stereocenters. The van der Waals surface area contributed by atoms with Crippen molar-refractivity contribution < 1.29 is 36.9 Å². The topological polar surface area (TPSA) is 87.6 Å². The zero-order valence-electron chi connectivity index (χ0n) is 32.8. The van der Waals surface area contributed by atoms with Crippen LogP contribution in [-0.4, -0.2) is 78.2 Å². The minimum Gasteiger partial charge on any atom is -0.508 e. The molecule has 0 saturated carbocycles. The predicted molar refractivity (Wildman–Crippen MR) is 231 cm³/mol. The van der Waals surface area contributed by atoms with Crippen molar-refractivity contribution in [1.29, 1.82) is 0 Å². The van der Waals surface area contributed by atoms with Crippen LogP contribution in [0.5, 0.6) is 0 Å². The van der Waals surface area contributed by atoms with Gasteiger partial charge in [-0.15, -0.1) is 0 Å². The van der Waals surface area contributed by atoms with Gasteiger partial charge in [0.25, 0.3) is 0 Å². The van der Waals surface area contributed by atoms with Gasteiger partial charge in [-0.2, -0.15) is 0 Å². The molecule has 8 nitrogen and oxygen atoms in total. The van der Waals surface area contributed by atoms with Gasteiger partial charge in [-0.05, 0) is 95.1 Å². The minimum absolute atomic E-state index is 0. The van der Waals surface area contributed by atoms with Crippen LogP contribution in [0.1, 0.15) is 22.3 Å². The van der Waals surface area contributed by atoms with Gasteiger partial charge in [0.2, 0.25) is 0 Å². The van der Waals surface area contributed by atoms with Gasteiger partial charge in [-0.25, -0.2) is 0 Å². The summed E-state index contributed by atoms with van der Waals surface area (Å²) >= 11 is 0. The first-order valence-electron chi connectivity index (χ1n) is 17.4. The molecule has 0 aliphatic rings. The zero-order valence-corrected chi connectivity index (χ0v) is 33.8. The summed E-state index contributed by atoms with van der Waals surface area (Å²) < 4.78 is 0. The average molecular weight is 788 g/mol. The Balaban J connectivity index is 0.000000373. The summed E-state index contributed by atoms with van der Waals surface area (Å²) in [5, 5.41) is 19.8. The monoisotopic (exact) mass is 787 g/mol. The predicted octanol–water partition coefficient (Wildman–Crippen LogP) is 9.11. The largest absolute Gasteiger partial charge is 0.508 e. The summed E-state index contributed by atoms with van der Waals surface area (Å²) in [5.41, 5.74) is 8.15. The number of hydrogen-bond acceptors (Lipinski definition) is 8.